The lowest BCUT2D eigenvalue weighted by molar-refractivity contribution is 0.590. The molecule has 0 spiro atoms. The molecule has 0 aromatic heterocycles. The van der Waals surface area contributed by atoms with Crippen molar-refractivity contribution in [3.05, 3.63) is 242 Å². The number of benzene rings is 10. The van der Waals surface area contributed by atoms with Crippen LogP contribution in [0.4, 0.5) is 34.1 Å². The Morgan fingerprint density at radius 2 is 0.500 bits per heavy atom. The fourth-order valence-corrected chi connectivity index (χ4v) is 8.90. The summed E-state index contributed by atoms with van der Waals surface area (Å²) in [4.78, 5) is 4.67. The normalized spacial score (nSPS) is 11.5. The minimum Gasteiger partial charge on any atom is -0.311 e. The highest BCUT2D eigenvalue weighted by Crippen LogP contribution is 2.45. The summed E-state index contributed by atoms with van der Waals surface area (Å²) in [5, 5.41) is 5.03. The summed E-state index contributed by atoms with van der Waals surface area (Å²) in [5.74, 6) is 0. The summed E-state index contributed by atoms with van der Waals surface area (Å²) < 4.78 is 0. The molecule has 0 aliphatic carbocycles. The van der Waals surface area contributed by atoms with Gasteiger partial charge >= 0.3 is 0 Å². The maximum absolute atomic E-state index is 2.37. The van der Waals surface area contributed by atoms with Crippen molar-refractivity contribution >= 4 is 55.7 Å². The van der Waals surface area contributed by atoms with Crippen molar-refractivity contribution in [2.75, 3.05) is 9.80 Å². The lowest BCUT2D eigenvalue weighted by Gasteiger charge is -2.27. The van der Waals surface area contributed by atoms with Crippen molar-refractivity contribution in [3.63, 3.8) is 0 Å². The van der Waals surface area contributed by atoms with E-state index in [1.165, 1.54) is 60.5 Å². The zero-order valence-electron chi connectivity index (χ0n) is 35.4. The molecule has 10 aromatic rings. The molecule has 2 heteroatoms. The first-order valence-electron chi connectivity index (χ1n) is 21.5. The predicted molar refractivity (Wildman–Crippen MR) is 266 cm³/mol. The first-order valence-corrected chi connectivity index (χ1v) is 21.5. The molecule has 0 aliphatic heterocycles. The van der Waals surface area contributed by atoms with E-state index in [4.69, 9.17) is 0 Å². The van der Waals surface area contributed by atoms with Gasteiger partial charge in [0.1, 0.15) is 0 Å². The van der Waals surface area contributed by atoms with Crippen LogP contribution in [0.15, 0.2) is 237 Å². The van der Waals surface area contributed by atoms with E-state index >= 15 is 0 Å². The monoisotopic (exact) mass is 796 g/mol. The van der Waals surface area contributed by atoms with Gasteiger partial charge in [-0.25, -0.2) is 0 Å². The van der Waals surface area contributed by atoms with Crippen LogP contribution >= 0.6 is 0 Å². The van der Waals surface area contributed by atoms with Crippen LogP contribution in [0.2, 0.25) is 0 Å². The lowest BCUT2D eigenvalue weighted by Crippen LogP contribution is -2.13. The van der Waals surface area contributed by atoms with Gasteiger partial charge in [-0.05, 0) is 139 Å². The first kappa shape index (κ1) is 38.5. The SMILES string of the molecule is CC(C)(C)c1ccc(N(c2ccc(-c3ccc(N(c4ccccc4)c4ccccc4)cc3)cc2)c2ccc(-c3c4ccccc4c(-c4ccccc4)c4ccccc34)cc2)cc1. The number of para-hydroxylation sites is 2. The summed E-state index contributed by atoms with van der Waals surface area (Å²) in [7, 11) is 0. The average molecular weight is 797 g/mol. The Bertz CT molecular complexity index is 3000. The van der Waals surface area contributed by atoms with Gasteiger partial charge < -0.3 is 9.80 Å². The molecule has 0 saturated carbocycles. The standard InChI is InChI=1S/C60H48N2/c1-60(2,3)47-33-41-53(42-34-47)62(51-37-29-44(30-38-51)43-27-35-50(36-28-43)61(48-19-9-5-10-20-48)49-21-11-6-12-22-49)52-39-31-46(32-40-52)59-56-25-15-13-23-54(56)58(45-17-7-4-8-18-45)55-24-14-16-26-57(55)59/h4-42H,1-3H3. The Hall–Kier alpha value is -7.68. The molecule has 298 valence electrons. The second-order valence-electron chi connectivity index (χ2n) is 17.0. The highest BCUT2D eigenvalue weighted by molar-refractivity contribution is 6.21. The van der Waals surface area contributed by atoms with E-state index in [9.17, 15) is 0 Å². The maximum atomic E-state index is 2.37. The number of rotatable bonds is 9. The summed E-state index contributed by atoms with van der Waals surface area (Å²) in [5.41, 5.74) is 15.4. The molecule has 0 N–H and O–H groups in total. The summed E-state index contributed by atoms with van der Waals surface area (Å²) in [6, 6.07) is 85.7. The van der Waals surface area contributed by atoms with E-state index in [-0.39, 0.29) is 5.41 Å². The summed E-state index contributed by atoms with van der Waals surface area (Å²) in [6.45, 7) is 6.80. The summed E-state index contributed by atoms with van der Waals surface area (Å²) in [6.07, 6.45) is 0. The molecule has 0 unspecified atom stereocenters. The zero-order valence-corrected chi connectivity index (χ0v) is 35.4. The Morgan fingerprint density at radius 3 is 0.839 bits per heavy atom. The molecular weight excluding hydrogens is 749 g/mol. The van der Waals surface area contributed by atoms with Gasteiger partial charge in [0.15, 0.2) is 0 Å². The Balaban J connectivity index is 1.02. The van der Waals surface area contributed by atoms with E-state index in [0.717, 1.165) is 34.1 Å². The van der Waals surface area contributed by atoms with Crippen molar-refractivity contribution in [3.8, 4) is 33.4 Å². The van der Waals surface area contributed by atoms with Gasteiger partial charge in [-0.2, -0.15) is 0 Å². The van der Waals surface area contributed by atoms with Crippen LogP contribution in [-0.4, -0.2) is 0 Å². The highest BCUT2D eigenvalue weighted by atomic mass is 15.1. The number of fused-ring (bicyclic) bond motifs is 2. The van der Waals surface area contributed by atoms with E-state index in [2.05, 4.69) is 267 Å². The average Bonchev–Trinajstić information content (AvgIpc) is 3.32. The number of hydrogen-bond acceptors (Lipinski definition) is 2. The first-order chi connectivity index (χ1) is 30.4. The van der Waals surface area contributed by atoms with Gasteiger partial charge in [-0.15, -0.1) is 0 Å². The Kier molecular flexibility index (Phi) is 10.2. The third-order valence-electron chi connectivity index (χ3n) is 12.0. The van der Waals surface area contributed by atoms with Crippen LogP contribution < -0.4 is 9.80 Å². The van der Waals surface area contributed by atoms with Gasteiger partial charge in [0, 0.05) is 34.1 Å². The Labute approximate surface area is 365 Å². The molecule has 0 radical (unpaired) electrons. The third kappa shape index (κ3) is 7.42. The van der Waals surface area contributed by atoms with Crippen molar-refractivity contribution in [2.45, 2.75) is 26.2 Å². The van der Waals surface area contributed by atoms with E-state index in [1.807, 2.05) is 0 Å². The molecule has 10 rings (SSSR count). The van der Waals surface area contributed by atoms with Crippen LogP contribution in [0.5, 0.6) is 0 Å². The molecule has 0 amide bonds. The van der Waals surface area contributed by atoms with E-state index in [0.29, 0.717) is 0 Å². The minimum absolute atomic E-state index is 0.0586. The fraction of sp³-hybridized carbons (Fsp3) is 0.0667. The number of nitrogens with zero attached hydrogens (tertiary/aromatic N) is 2. The third-order valence-corrected chi connectivity index (χ3v) is 12.0. The van der Waals surface area contributed by atoms with E-state index < -0.39 is 0 Å². The van der Waals surface area contributed by atoms with Crippen LogP contribution in [0.3, 0.4) is 0 Å². The van der Waals surface area contributed by atoms with Gasteiger partial charge in [0.2, 0.25) is 0 Å². The molecule has 62 heavy (non-hydrogen) atoms. The van der Waals surface area contributed by atoms with Gasteiger partial charge in [-0.1, -0.05) is 185 Å². The molecule has 10 aromatic carbocycles. The molecule has 0 aliphatic rings. The number of hydrogen-bond donors (Lipinski definition) is 0. The molecule has 2 nitrogen and oxygen atoms in total. The van der Waals surface area contributed by atoms with Crippen LogP contribution in [-0.2, 0) is 5.41 Å². The van der Waals surface area contributed by atoms with Crippen molar-refractivity contribution < 1.29 is 0 Å². The topological polar surface area (TPSA) is 6.48 Å². The summed E-state index contributed by atoms with van der Waals surface area (Å²) >= 11 is 0. The minimum atomic E-state index is 0.0586. The smallest absolute Gasteiger partial charge is 0.0462 e. The second-order valence-corrected chi connectivity index (χ2v) is 17.0. The molecule has 0 atom stereocenters. The van der Waals surface area contributed by atoms with Crippen LogP contribution in [0.25, 0.3) is 54.9 Å². The quantitative estimate of drug-likeness (QED) is 0.134. The maximum Gasteiger partial charge on any atom is 0.0462 e. The highest BCUT2D eigenvalue weighted by Gasteiger charge is 2.20. The van der Waals surface area contributed by atoms with Gasteiger partial charge in [0.05, 0.1) is 0 Å². The molecular formula is C60H48N2. The van der Waals surface area contributed by atoms with Gasteiger partial charge in [-0.3, -0.25) is 0 Å². The molecule has 0 bridgehead atoms. The lowest BCUT2D eigenvalue weighted by atomic mass is 9.86. The molecule has 0 fully saturated rings. The van der Waals surface area contributed by atoms with Crippen LogP contribution in [0, 0.1) is 0 Å². The Morgan fingerprint density at radius 1 is 0.242 bits per heavy atom. The van der Waals surface area contributed by atoms with Crippen molar-refractivity contribution in [1.82, 2.24) is 0 Å². The predicted octanol–water partition coefficient (Wildman–Crippen LogP) is 17.2. The van der Waals surface area contributed by atoms with Crippen LogP contribution in [0.1, 0.15) is 26.3 Å². The second kappa shape index (κ2) is 16.4. The van der Waals surface area contributed by atoms with E-state index in [1.54, 1.807) is 0 Å². The van der Waals surface area contributed by atoms with Crippen molar-refractivity contribution in [2.24, 2.45) is 0 Å². The van der Waals surface area contributed by atoms with Gasteiger partial charge in [0.25, 0.3) is 0 Å². The van der Waals surface area contributed by atoms with Crippen molar-refractivity contribution in [1.29, 1.82) is 0 Å². The molecule has 0 heterocycles. The fourth-order valence-electron chi connectivity index (χ4n) is 8.90. The largest absolute Gasteiger partial charge is 0.311 e. The number of anilines is 6. The molecule has 0 saturated heterocycles. The zero-order chi connectivity index (χ0) is 42.0.